The molecule has 1 amide bonds. The van der Waals surface area contributed by atoms with E-state index in [0.717, 1.165) is 29.4 Å². The van der Waals surface area contributed by atoms with Crippen LogP contribution in [0.15, 0.2) is 30.3 Å². The number of carbonyl (C=O) groups excluding carboxylic acids is 1. The number of benzene rings is 1. The van der Waals surface area contributed by atoms with E-state index in [9.17, 15) is 4.79 Å². The molecule has 0 aliphatic rings. The van der Waals surface area contributed by atoms with E-state index in [4.69, 9.17) is 17.3 Å². The highest BCUT2D eigenvalue weighted by Crippen LogP contribution is 2.21. The van der Waals surface area contributed by atoms with Gasteiger partial charge in [0.15, 0.2) is 0 Å². The zero-order valence-corrected chi connectivity index (χ0v) is 12.9. The standard InChI is InChI=1S/C15H17ClN2OS/c1-10-8-11(15(17)19)2-3-12(10)9-18-7-6-13-4-5-14(16)20-13/h2-5,8,18H,6-7,9H2,1H3,(H2,17,19). The molecule has 0 unspecified atom stereocenters. The fourth-order valence-corrected chi connectivity index (χ4v) is 3.06. The fraction of sp³-hybridized carbons (Fsp3) is 0.267. The Morgan fingerprint density at radius 1 is 1.35 bits per heavy atom. The number of halogens is 1. The minimum absolute atomic E-state index is 0.387. The van der Waals surface area contributed by atoms with Gasteiger partial charge in [-0.2, -0.15) is 0 Å². The molecule has 20 heavy (non-hydrogen) atoms. The molecule has 0 atom stereocenters. The third kappa shape index (κ3) is 4.07. The molecule has 0 saturated carbocycles. The van der Waals surface area contributed by atoms with E-state index in [-0.39, 0.29) is 5.91 Å². The van der Waals surface area contributed by atoms with Crippen LogP contribution < -0.4 is 11.1 Å². The Hall–Kier alpha value is -1.36. The van der Waals surface area contributed by atoms with Gasteiger partial charge in [0, 0.05) is 23.5 Å². The summed E-state index contributed by atoms with van der Waals surface area (Å²) < 4.78 is 0.831. The van der Waals surface area contributed by atoms with Crippen molar-refractivity contribution in [2.75, 3.05) is 6.54 Å². The van der Waals surface area contributed by atoms with Crippen molar-refractivity contribution < 1.29 is 4.79 Å². The second-order valence-electron chi connectivity index (χ2n) is 4.64. The van der Waals surface area contributed by atoms with Crippen molar-refractivity contribution >= 4 is 28.8 Å². The van der Waals surface area contributed by atoms with E-state index in [1.54, 1.807) is 17.4 Å². The molecule has 0 spiro atoms. The molecule has 1 heterocycles. The Bertz CT molecular complexity index is 610. The van der Waals surface area contributed by atoms with Crippen molar-refractivity contribution in [3.63, 3.8) is 0 Å². The lowest BCUT2D eigenvalue weighted by Gasteiger charge is -2.08. The molecule has 2 rings (SSSR count). The molecular formula is C15H17ClN2OS. The van der Waals surface area contributed by atoms with Crippen molar-refractivity contribution in [2.45, 2.75) is 19.9 Å². The van der Waals surface area contributed by atoms with Crippen LogP contribution in [-0.4, -0.2) is 12.5 Å². The van der Waals surface area contributed by atoms with Crippen LogP contribution in [0.4, 0.5) is 0 Å². The van der Waals surface area contributed by atoms with Crippen LogP contribution in [0.2, 0.25) is 4.34 Å². The maximum absolute atomic E-state index is 11.1. The SMILES string of the molecule is Cc1cc(C(N)=O)ccc1CNCCc1ccc(Cl)s1. The van der Waals surface area contributed by atoms with Crippen molar-refractivity contribution in [2.24, 2.45) is 5.73 Å². The third-order valence-corrected chi connectivity index (χ3v) is 4.41. The zero-order chi connectivity index (χ0) is 14.5. The molecule has 1 aromatic carbocycles. The minimum Gasteiger partial charge on any atom is -0.366 e. The average molecular weight is 309 g/mol. The third-order valence-electron chi connectivity index (χ3n) is 3.12. The molecule has 3 N–H and O–H groups in total. The smallest absolute Gasteiger partial charge is 0.248 e. The number of carbonyl (C=O) groups is 1. The Morgan fingerprint density at radius 2 is 2.15 bits per heavy atom. The molecule has 0 aliphatic carbocycles. The van der Waals surface area contributed by atoms with Gasteiger partial charge in [0.05, 0.1) is 4.34 Å². The summed E-state index contributed by atoms with van der Waals surface area (Å²) in [5.74, 6) is -0.387. The maximum Gasteiger partial charge on any atom is 0.248 e. The molecular weight excluding hydrogens is 292 g/mol. The first-order chi connectivity index (χ1) is 9.56. The van der Waals surface area contributed by atoms with E-state index < -0.39 is 0 Å². The summed E-state index contributed by atoms with van der Waals surface area (Å²) in [5, 5.41) is 3.40. The van der Waals surface area contributed by atoms with Gasteiger partial charge in [-0.3, -0.25) is 4.79 Å². The van der Waals surface area contributed by atoms with Gasteiger partial charge in [0.25, 0.3) is 0 Å². The summed E-state index contributed by atoms with van der Waals surface area (Å²) in [7, 11) is 0. The van der Waals surface area contributed by atoms with Crippen LogP contribution in [0.25, 0.3) is 0 Å². The first-order valence-electron chi connectivity index (χ1n) is 6.40. The molecule has 0 bridgehead atoms. The molecule has 3 nitrogen and oxygen atoms in total. The number of hydrogen-bond acceptors (Lipinski definition) is 3. The predicted molar refractivity (Wildman–Crippen MR) is 84.4 cm³/mol. The quantitative estimate of drug-likeness (QED) is 0.806. The molecule has 0 fully saturated rings. The molecule has 0 aliphatic heterocycles. The van der Waals surface area contributed by atoms with Gasteiger partial charge in [0.2, 0.25) is 5.91 Å². The minimum atomic E-state index is -0.387. The number of primary amides is 1. The first-order valence-corrected chi connectivity index (χ1v) is 7.60. The van der Waals surface area contributed by atoms with Gasteiger partial charge in [-0.1, -0.05) is 17.7 Å². The van der Waals surface area contributed by atoms with Crippen LogP contribution in [0.3, 0.4) is 0 Å². The number of nitrogens with one attached hydrogen (secondary N) is 1. The number of nitrogens with two attached hydrogens (primary N) is 1. The fourth-order valence-electron chi connectivity index (χ4n) is 1.97. The van der Waals surface area contributed by atoms with Crippen molar-refractivity contribution in [3.05, 3.63) is 56.2 Å². The van der Waals surface area contributed by atoms with Crippen LogP contribution in [0, 0.1) is 6.92 Å². The number of rotatable bonds is 6. The number of aryl methyl sites for hydroxylation is 1. The largest absolute Gasteiger partial charge is 0.366 e. The topological polar surface area (TPSA) is 55.1 Å². The molecule has 2 aromatic rings. The van der Waals surface area contributed by atoms with Crippen molar-refractivity contribution in [1.29, 1.82) is 0 Å². The van der Waals surface area contributed by atoms with E-state index in [1.807, 2.05) is 25.1 Å². The van der Waals surface area contributed by atoms with Gasteiger partial charge < -0.3 is 11.1 Å². The highest BCUT2D eigenvalue weighted by atomic mass is 35.5. The molecule has 0 saturated heterocycles. The van der Waals surface area contributed by atoms with Gasteiger partial charge >= 0.3 is 0 Å². The molecule has 106 valence electrons. The van der Waals surface area contributed by atoms with Crippen LogP contribution in [0.5, 0.6) is 0 Å². The summed E-state index contributed by atoms with van der Waals surface area (Å²) in [5.41, 5.74) is 8.07. The number of hydrogen-bond donors (Lipinski definition) is 2. The van der Waals surface area contributed by atoms with Gasteiger partial charge in [-0.15, -0.1) is 11.3 Å². The summed E-state index contributed by atoms with van der Waals surface area (Å²) >= 11 is 7.51. The molecule has 0 radical (unpaired) electrons. The van der Waals surface area contributed by atoms with Crippen molar-refractivity contribution in [1.82, 2.24) is 5.32 Å². The number of amides is 1. The van der Waals surface area contributed by atoms with Crippen molar-refractivity contribution in [3.8, 4) is 0 Å². The Labute approximate surface area is 127 Å². The second-order valence-corrected chi connectivity index (χ2v) is 6.44. The summed E-state index contributed by atoms with van der Waals surface area (Å²) in [6, 6.07) is 9.53. The van der Waals surface area contributed by atoms with E-state index in [0.29, 0.717) is 5.56 Å². The lowest BCUT2D eigenvalue weighted by atomic mass is 10.0. The lowest BCUT2D eigenvalue weighted by molar-refractivity contribution is 0.1000. The Balaban J connectivity index is 1.83. The summed E-state index contributed by atoms with van der Waals surface area (Å²) in [4.78, 5) is 12.4. The van der Waals surface area contributed by atoms with Gasteiger partial charge in [-0.05, 0) is 48.7 Å². The zero-order valence-electron chi connectivity index (χ0n) is 11.3. The first kappa shape index (κ1) is 15.0. The highest BCUT2D eigenvalue weighted by molar-refractivity contribution is 7.16. The van der Waals surface area contributed by atoms with Gasteiger partial charge in [-0.25, -0.2) is 0 Å². The normalized spacial score (nSPS) is 10.7. The van der Waals surface area contributed by atoms with Crippen LogP contribution in [0.1, 0.15) is 26.4 Å². The molecule has 1 aromatic heterocycles. The van der Waals surface area contributed by atoms with Crippen LogP contribution in [-0.2, 0) is 13.0 Å². The predicted octanol–water partition coefficient (Wildman–Crippen LogP) is 3.14. The summed E-state index contributed by atoms with van der Waals surface area (Å²) in [6.45, 7) is 3.67. The Morgan fingerprint density at radius 3 is 2.75 bits per heavy atom. The highest BCUT2D eigenvalue weighted by Gasteiger charge is 2.04. The van der Waals surface area contributed by atoms with E-state index >= 15 is 0 Å². The Kier molecular flexibility index (Phi) is 5.17. The van der Waals surface area contributed by atoms with Gasteiger partial charge in [0.1, 0.15) is 0 Å². The van der Waals surface area contributed by atoms with E-state index in [1.165, 1.54) is 10.4 Å². The number of thiophene rings is 1. The lowest BCUT2D eigenvalue weighted by Crippen LogP contribution is -2.17. The second kappa shape index (κ2) is 6.88. The van der Waals surface area contributed by atoms with Crippen LogP contribution >= 0.6 is 22.9 Å². The molecule has 5 heteroatoms. The monoisotopic (exact) mass is 308 g/mol. The summed E-state index contributed by atoms with van der Waals surface area (Å²) in [6.07, 6.45) is 0.968. The maximum atomic E-state index is 11.1. The average Bonchev–Trinajstić information content (AvgIpc) is 2.81. The van der Waals surface area contributed by atoms with E-state index in [2.05, 4.69) is 11.4 Å².